The molecule has 0 heterocycles. The van der Waals surface area contributed by atoms with Crippen molar-refractivity contribution in [2.75, 3.05) is 26.4 Å². The second-order valence-electron chi connectivity index (χ2n) is 12.1. The van der Waals surface area contributed by atoms with Gasteiger partial charge in [-0.15, -0.1) is 0 Å². The van der Waals surface area contributed by atoms with E-state index in [1.807, 2.05) is 6.92 Å². The van der Waals surface area contributed by atoms with Crippen molar-refractivity contribution < 1.29 is 64.1 Å². The molecule has 0 aromatic heterocycles. The highest BCUT2D eigenvalue weighted by Gasteiger charge is 2.53. The van der Waals surface area contributed by atoms with E-state index in [1.54, 1.807) is 6.92 Å². The van der Waals surface area contributed by atoms with Crippen LogP contribution in [-0.2, 0) is 58.4 Å². The zero-order valence-corrected chi connectivity index (χ0v) is 32.6. The molecule has 0 aliphatic rings. The lowest BCUT2D eigenvalue weighted by atomic mass is 9.96. The molecule has 0 radical (unpaired) electrons. The Morgan fingerprint density at radius 1 is 0.560 bits per heavy atom. The molecule has 0 amide bonds. The molecule has 0 aliphatic carbocycles. The fourth-order valence-corrected chi connectivity index (χ4v) is 6.50. The molecule has 0 aromatic carbocycles. The average Bonchev–Trinajstić information content (AvgIpc) is 3.03. The molecule has 296 valence electrons. The van der Waals surface area contributed by atoms with Crippen molar-refractivity contribution in [2.24, 2.45) is 0 Å². The summed E-state index contributed by atoms with van der Waals surface area (Å²) in [5, 5.41) is -1.93. The van der Waals surface area contributed by atoms with Gasteiger partial charge in [0.1, 0.15) is 0 Å². The van der Waals surface area contributed by atoms with Crippen LogP contribution in [0.3, 0.4) is 0 Å². The molecule has 2 atom stereocenters. The highest BCUT2D eigenvalue weighted by molar-refractivity contribution is 7.88. The fraction of sp³-hybridized carbons (Fsp3) is 0.882. The Morgan fingerprint density at radius 2 is 1.00 bits per heavy atom. The number of hydrogen-bond donors (Lipinski definition) is 2. The smallest absolute Gasteiger partial charge is 0.330 e. The van der Waals surface area contributed by atoms with E-state index < -0.39 is 67.0 Å². The molecule has 0 saturated heterocycles. The number of carbonyl (C=O) groups is 4. The Kier molecular flexibility index (Phi) is 29.2. The highest BCUT2D eigenvalue weighted by atomic mass is 32.2. The standard InChI is InChI=1S/C20H38O7S.C14H26O7S/c1-3-5-7-9-11-13-15-26-19(21)17-18(28(23,24)25)20(22)27-16-14-12-10-8-6-4-2;1-4-7-8-9-10-14(22(17,18)19,13(16)21-6-3)11-12(15)20-5-2/h18H,3-17H2,1-2H3,(H,23,24,25);4-11H2,1-3H3,(H,17,18,19). The topological polar surface area (TPSA) is 214 Å². The maximum absolute atomic E-state index is 12.1. The molecule has 50 heavy (non-hydrogen) atoms. The summed E-state index contributed by atoms with van der Waals surface area (Å²) in [5.74, 6) is -3.90. The maximum Gasteiger partial charge on any atom is 0.330 e. The molecule has 0 fully saturated rings. The minimum absolute atomic E-state index is 0.0477. The van der Waals surface area contributed by atoms with Crippen LogP contribution in [-0.4, -0.2) is 86.2 Å². The summed E-state index contributed by atoms with van der Waals surface area (Å²) in [5.41, 5.74) is 0. The van der Waals surface area contributed by atoms with Crippen molar-refractivity contribution in [3.05, 3.63) is 0 Å². The molecule has 0 aromatic rings. The minimum Gasteiger partial charge on any atom is -0.466 e. The monoisotopic (exact) mass is 760 g/mol. The van der Waals surface area contributed by atoms with Gasteiger partial charge in [0.15, 0.2) is 5.25 Å². The van der Waals surface area contributed by atoms with E-state index in [2.05, 4.69) is 13.8 Å². The molecule has 2 unspecified atom stereocenters. The number of hydrogen-bond acceptors (Lipinski definition) is 12. The van der Waals surface area contributed by atoms with Gasteiger partial charge < -0.3 is 18.9 Å². The first-order valence-corrected chi connectivity index (χ1v) is 21.1. The number of ether oxygens (including phenoxy) is 4. The minimum atomic E-state index is -4.82. The molecular weight excluding hydrogens is 696 g/mol. The molecule has 2 N–H and O–H groups in total. The summed E-state index contributed by atoms with van der Waals surface area (Å²) >= 11 is 0. The third-order valence-corrected chi connectivity index (χ3v) is 10.4. The van der Waals surface area contributed by atoms with E-state index in [9.17, 15) is 45.1 Å². The second-order valence-corrected chi connectivity index (χ2v) is 15.4. The first-order chi connectivity index (χ1) is 23.6. The summed E-state index contributed by atoms with van der Waals surface area (Å²) in [4.78, 5) is 47.6. The van der Waals surface area contributed by atoms with Crippen molar-refractivity contribution >= 4 is 44.1 Å². The zero-order valence-electron chi connectivity index (χ0n) is 31.0. The maximum atomic E-state index is 12.1. The Hall–Kier alpha value is -2.30. The molecule has 0 rings (SSSR count). The number of esters is 4. The summed E-state index contributed by atoms with van der Waals surface area (Å²) in [6.07, 6.45) is 13.3. The molecule has 0 spiro atoms. The summed E-state index contributed by atoms with van der Waals surface area (Å²) < 4.78 is 82.5. The Labute approximate surface area is 300 Å². The van der Waals surface area contributed by atoms with Crippen molar-refractivity contribution in [1.82, 2.24) is 0 Å². The van der Waals surface area contributed by atoms with Crippen molar-refractivity contribution in [3.8, 4) is 0 Å². The molecule has 0 saturated carbocycles. The predicted octanol–water partition coefficient (Wildman–Crippen LogP) is 6.54. The van der Waals surface area contributed by atoms with Crippen molar-refractivity contribution in [1.29, 1.82) is 0 Å². The largest absolute Gasteiger partial charge is 0.466 e. The first kappa shape index (κ1) is 49.8. The van der Waals surface area contributed by atoms with E-state index in [4.69, 9.17) is 18.9 Å². The van der Waals surface area contributed by atoms with Crippen molar-refractivity contribution in [3.63, 3.8) is 0 Å². The van der Waals surface area contributed by atoms with Gasteiger partial charge in [-0.1, -0.05) is 111 Å². The van der Waals surface area contributed by atoms with Gasteiger partial charge in [0.2, 0.25) is 4.75 Å². The lowest BCUT2D eigenvalue weighted by Gasteiger charge is -2.27. The highest BCUT2D eigenvalue weighted by Crippen LogP contribution is 2.31. The van der Waals surface area contributed by atoms with Gasteiger partial charge in [0, 0.05) is 0 Å². The molecule has 16 heteroatoms. The van der Waals surface area contributed by atoms with Crippen LogP contribution in [0.1, 0.15) is 157 Å². The molecule has 0 bridgehead atoms. The van der Waals surface area contributed by atoms with Crippen LogP contribution in [0.4, 0.5) is 0 Å². The zero-order chi connectivity index (χ0) is 38.5. The summed E-state index contributed by atoms with van der Waals surface area (Å²) in [7, 11) is -9.56. The van der Waals surface area contributed by atoms with Crippen LogP contribution in [0.25, 0.3) is 0 Å². The van der Waals surface area contributed by atoms with Gasteiger partial charge >= 0.3 is 23.9 Å². The van der Waals surface area contributed by atoms with E-state index in [1.165, 1.54) is 13.3 Å². The number of rotatable bonds is 29. The van der Waals surface area contributed by atoms with E-state index >= 15 is 0 Å². The van der Waals surface area contributed by atoms with Crippen LogP contribution >= 0.6 is 0 Å². The fourth-order valence-electron chi connectivity index (χ4n) is 4.87. The number of unbranched alkanes of at least 4 members (excludes halogenated alkanes) is 13. The SMILES string of the molecule is CCCCCCC(CC(=O)OCC)(C(=O)OCC)S(=O)(=O)O.CCCCCCCCOC(=O)CC(C(=O)OCCCCCCCC)S(=O)(=O)O. The Bertz CT molecular complexity index is 1150. The first-order valence-electron chi connectivity index (χ1n) is 18.2. The molecule has 0 aliphatic heterocycles. The predicted molar refractivity (Wildman–Crippen MR) is 190 cm³/mol. The third kappa shape index (κ3) is 23.2. The van der Waals surface area contributed by atoms with Gasteiger partial charge in [0.05, 0.1) is 39.3 Å². The second kappa shape index (κ2) is 29.3. The lowest BCUT2D eigenvalue weighted by Crippen LogP contribution is -2.49. The molecule has 14 nitrogen and oxygen atoms in total. The van der Waals surface area contributed by atoms with Crippen LogP contribution < -0.4 is 0 Å². The van der Waals surface area contributed by atoms with E-state index in [-0.39, 0.29) is 32.8 Å². The normalized spacial score (nSPS) is 13.3. The number of carbonyl (C=O) groups excluding carboxylic acids is 4. The van der Waals surface area contributed by atoms with Crippen LogP contribution in [0.5, 0.6) is 0 Å². The Morgan fingerprint density at radius 3 is 1.44 bits per heavy atom. The van der Waals surface area contributed by atoms with Gasteiger partial charge in [-0.3, -0.25) is 28.3 Å². The van der Waals surface area contributed by atoms with Gasteiger partial charge in [0.25, 0.3) is 20.2 Å². The van der Waals surface area contributed by atoms with Crippen LogP contribution in [0.2, 0.25) is 0 Å². The lowest BCUT2D eigenvalue weighted by molar-refractivity contribution is -0.153. The summed E-state index contributed by atoms with van der Waals surface area (Å²) in [6.45, 7) is 9.58. The third-order valence-electron chi connectivity index (χ3n) is 7.79. The quantitative estimate of drug-likeness (QED) is 0.0359. The Balaban J connectivity index is 0. The van der Waals surface area contributed by atoms with E-state index in [0.717, 1.165) is 70.6 Å². The van der Waals surface area contributed by atoms with Crippen LogP contribution in [0, 0.1) is 0 Å². The van der Waals surface area contributed by atoms with Crippen LogP contribution in [0.15, 0.2) is 0 Å². The molecular formula is C34H64O14S2. The van der Waals surface area contributed by atoms with Gasteiger partial charge in [-0.25, -0.2) is 0 Å². The van der Waals surface area contributed by atoms with Gasteiger partial charge in [-0.05, 0) is 33.1 Å². The van der Waals surface area contributed by atoms with Gasteiger partial charge in [-0.2, -0.15) is 16.8 Å². The van der Waals surface area contributed by atoms with E-state index in [0.29, 0.717) is 25.7 Å². The van der Waals surface area contributed by atoms with Crippen molar-refractivity contribution in [2.45, 2.75) is 167 Å². The average molecular weight is 761 g/mol. The summed E-state index contributed by atoms with van der Waals surface area (Å²) in [6, 6.07) is 0.